The maximum Gasteiger partial charge on any atom is 0.0459 e. The fourth-order valence-corrected chi connectivity index (χ4v) is 3.74. The molecule has 2 aromatic rings. The van der Waals surface area contributed by atoms with Crippen molar-refractivity contribution in [2.45, 2.75) is 24.8 Å². The molecular weight excluding hydrogens is 325 g/mol. The lowest BCUT2D eigenvalue weighted by atomic mass is 9.77. The van der Waals surface area contributed by atoms with Crippen LogP contribution in [0.25, 0.3) is 0 Å². The minimum Gasteiger partial charge on any atom is -0.313 e. The second-order valence-electron chi connectivity index (χ2n) is 5.27. The molecule has 0 heterocycles. The summed E-state index contributed by atoms with van der Waals surface area (Å²) in [6.07, 6.45) is 2.22. The van der Waals surface area contributed by atoms with Crippen LogP contribution in [-0.4, -0.2) is 7.05 Å². The molecule has 112 valence electrons. The SMILES string of the molecule is CN[C@@H]1CC[C@H](c2ccc(Cl)cc2Cl)c2ccccc21.Cl. The fourth-order valence-electron chi connectivity index (χ4n) is 3.20. The second kappa shape index (κ2) is 7.02. The smallest absolute Gasteiger partial charge is 0.0459 e. The van der Waals surface area contributed by atoms with E-state index < -0.39 is 0 Å². The molecule has 2 atom stereocenters. The summed E-state index contributed by atoms with van der Waals surface area (Å²) in [7, 11) is 2.02. The lowest BCUT2D eigenvalue weighted by Gasteiger charge is -2.32. The molecule has 4 heteroatoms. The van der Waals surface area contributed by atoms with E-state index in [0.717, 1.165) is 17.9 Å². The van der Waals surface area contributed by atoms with Crippen LogP contribution in [0.1, 0.15) is 41.5 Å². The highest BCUT2D eigenvalue weighted by molar-refractivity contribution is 6.35. The molecule has 0 unspecified atom stereocenters. The summed E-state index contributed by atoms with van der Waals surface area (Å²) in [5.41, 5.74) is 3.94. The zero-order valence-electron chi connectivity index (χ0n) is 11.8. The van der Waals surface area contributed by atoms with Gasteiger partial charge in [0.05, 0.1) is 0 Å². The Labute approximate surface area is 142 Å². The van der Waals surface area contributed by atoms with Crippen molar-refractivity contribution in [1.29, 1.82) is 0 Å². The van der Waals surface area contributed by atoms with E-state index >= 15 is 0 Å². The van der Waals surface area contributed by atoms with Gasteiger partial charge in [0.1, 0.15) is 0 Å². The van der Waals surface area contributed by atoms with Crippen molar-refractivity contribution in [3.63, 3.8) is 0 Å². The van der Waals surface area contributed by atoms with E-state index in [1.165, 1.54) is 16.7 Å². The van der Waals surface area contributed by atoms with Gasteiger partial charge in [0.25, 0.3) is 0 Å². The number of benzene rings is 2. The van der Waals surface area contributed by atoms with Crippen LogP contribution in [0.3, 0.4) is 0 Å². The first kappa shape index (κ1) is 16.6. The molecule has 2 aromatic carbocycles. The predicted molar refractivity (Wildman–Crippen MR) is 93.0 cm³/mol. The normalized spacial score (nSPS) is 20.5. The van der Waals surface area contributed by atoms with E-state index in [4.69, 9.17) is 23.2 Å². The number of halogens is 3. The molecule has 3 rings (SSSR count). The van der Waals surface area contributed by atoms with Crippen molar-refractivity contribution < 1.29 is 0 Å². The standard InChI is InChI=1S/C17H17Cl2N.ClH/c1-20-17-9-8-13(12-4-2-3-5-15(12)17)14-7-6-11(18)10-16(14)19;/h2-7,10,13,17,20H,8-9H2,1H3;1H/t13-,17+;/m0./s1. The van der Waals surface area contributed by atoms with E-state index in [-0.39, 0.29) is 12.4 Å². The number of hydrogen-bond donors (Lipinski definition) is 1. The van der Waals surface area contributed by atoms with E-state index in [9.17, 15) is 0 Å². The third-order valence-corrected chi connectivity index (χ3v) is 4.74. The van der Waals surface area contributed by atoms with E-state index in [0.29, 0.717) is 17.0 Å². The summed E-state index contributed by atoms with van der Waals surface area (Å²) < 4.78 is 0. The van der Waals surface area contributed by atoms with Gasteiger partial charge in [-0.25, -0.2) is 0 Å². The Bertz CT molecular complexity index is 627. The van der Waals surface area contributed by atoms with Crippen molar-refractivity contribution in [3.05, 3.63) is 69.2 Å². The van der Waals surface area contributed by atoms with Gasteiger partial charge in [0, 0.05) is 22.0 Å². The van der Waals surface area contributed by atoms with Crippen LogP contribution in [0, 0.1) is 0 Å². The summed E-state index contributed by atoms with van der Waals surface area (Å²) in [5.74, 6) is 0.362. The Morgan fingerprint density at radius 3 is 2.33 bits per heavy atom. The van der Waals surface area contributed by atoms with E-state index in [2.05, 4.69) is 35.6 Å². The van der Waals surface area contributed by atoms with Crippen LogP contribution in [0.4, 0.5) is 0 Å². The van der Waals surface area contributed by atoms with Gasteiger partial charge < -0.3 is 5.32 Å². The van der Waals surface area contributed by atoms with Crippen LogP contribution in [-0.2, 0) is 0 Å². The molecule has 0 saturated carbocycles. The number of rotatable bonds is 2. The van der Waals surface area contributed by atoms with Gasteiger partial charge in [-0.3, -0.25) is 0 Å². The number of fused-ring (bicyclic) bond motifs is 1. The average molecular weight is 343 g/mol. The molecule has 0 spiro atoms. The third kappa shape index (κ3) is 3.22. The Morgan fingerprint density at radius 2 is 1.67 bits per heavy atom. The lowest BCUT2D eigenvalue weighted by molar-refractivity contribution is 0.471. The minimum atomic E-state index is 0. The van der Waals surface area contributed by atoms with Crippen molar-refractivity contribution >= 4 is 35.6 Å². The van der Waals surface area contributed by atoms with Gasteiger partial charge in [0.2, 0.25) is 0 Å². The van der Waals surface area contributed by atoms with Gasteiger partial charge in [0.15, 0.2) is 0 Å². The Hall–Kier alpha value is -0.730. The summed E-state index contributed by atoms with van der Waals surface area (Å²) in [6.45, 7) is 0. The molecule has 1 aliphatic carbocycles. The monoisotopic (exact) mass is 341 g/mol. The molecule has 0 amide bonds. The molecule has 0 fully saturated rings. The van der Waals surface area contributed by atoms with Crippen LogP contribution in [0.5, 0.6) is 0 Å². The highest BCUT2D eigenvalue weighted by Gasteiger charge is 2.28. The average Bonchev–Trinajstić information content (AvgIpc) is 2.47. The minimum absolute atomic E-state index is 0. The van der Waals surface area contributed by atoms with E-state index in [1.807, 2.05) is 19.2 Å². The summed E-state index contributed by atoms with van der Waals surface area (Å²) in [4.78, 5) is 0. The van der Waals surface area contributed by atoms with Gasteiger partial charge in [-0.05, 0) is 48.7 Å². The van der Waals surface area contributed by atoms with Crippen LogP contribution in [0.2, 0.25) is 10.0 Å². The van der Waals surface area contributed by atoms with Crippen molar-refractivity contribution in [3.8, 4) is 0 Å². The highest BCUT2D eigenvalue weighted by atomic mass is 35.5. The Morgan fingerprint density at radius 1 is 0.952 bits per heavy atom. The van der Waals surface area contributed by atoms with Gasteiger partial charge in [-0.2, -0.15) is 0 Å². The van der Waals surface area contributed by atoms with Gasteiger partial charge >= 0.3 is 0 Å². The summed E-state index contributed by atoms with van der Waals surface area (Å²) >= 11 is 12.4. The molecule has 21 heavy (non-hydrogen) atoms. The molecule has 0 aliphatic heterocycles. The molecule has 0 saturated heterocycles. The van der Waals surface area contributed by atoms with Crippen molar-refractivity contribution in [1.82, 2.24) is 5.32 Å². The van der Waals surface area contributed by atoms with Crippen LogP contribution in [0.15, 0.2) is 42.5 Å². The van der Waals surface area contributed by atoms with Gasteiger partial charge in [-0.15, -0.1) is 12.4 Å². The molecule has 1 aliphatic rings. The molecule has 0 radical (unpaired) electrons. The van der Waals surface area contributed by atoms with E-state index in [1.54, 1.807) is 0 Å². The molecule has 1 N–H and O–H groups in total. The maximum absolute atomic E-state index is 6.40. The summed E-state index contributed by atoms with van der Waals surface area (Å²) in [5, 5.41) is 4.86. The molecule has 1 nitrogen and oxygen atoms in total. The molecular formula is C17H18Cl3N. The van der Waals surface area contributed by atoms with Gasteiger partial charge in [-0.1, -0.05) is 53.5 Å². The Kier molecular flexibility index (Phi) is 5.56. The number of nitrogens with one attached hydrogen (secondary N) is 1. The largest absolute Gasteiger partial charge is 0.313 e. The second-order valence-corrected chi connectivity index (χ2v) is 6.11. The third-order valence-electron chi connectivity index (χ3n) is 4.18. The zero-order chi connectivity index (χ0) is 14.1. The predicted octanol–water partition coefficient (Wildman–Crippen LogP) is 5.60. The first-order chi connectivity index (χ1) is 9.70. The zero-order valence-corrected chi connectivity index (χ0v) is 14.1. The summed E-state index contributed by atoms with van der Waals surface area (Å²) in [6, 6.07) is 14.9. The lowest BCUT2D eigenvalue weighted by Crippen LogP contribution is -2.24. The first-order valence-electron chi connectivity index (χ1n) is 6.91. The first-order valence-corrected chi connectivity index (χ1v) is 7.67. The highest BCUT2D eigenvalue weighted by Crippen LogP contribution is 2.43. The van der Waals surface area contributed by atoms with Crippen LogP contribution < -0.4 is 5.32 Å². The van der Waals surface area contributed by atoms with Crippen molar-refractivity contribution in [2.75, 3.05) is 7.05 Å². The van der Waals surface area contributed by atoms with Crippen LogP contribution >= 0.6 is 35.6 Å². The fraction of sp³-hybridized carbons (Fsp3) is 0.294. The number of hydrogen-bond acceptors (Lipinski definition) is 1. The topological polar surface area (TPSA) is 12.0 Å². The van der Waals surface area contributed by atoms with Crippen molar-refractivity contribution in [2.24, 2.45) is 0 Å². The molecule has 0 aromatic heterocycles. The molecule has 0 bridgehead atoms. The Balaban J connectivity index is 0.00000161. The maximum atomic E-state index is 6.40. The quantitative estimate of drug-likeness (QED) is 0.749.